The molecule has 0 unspecified atom stereocenters. The van der Waals surface area contributed by atoms with E-state index in [-0.39, 0.29) is 11.5 Å². The van der Waals surface area contributed by atoms with Crippen molar-refractivity contribution >= 4 is 27.1 Å². The van der Waals surface area contributed by atoms with Crippen LogP contribution in [-0.4, -0.2) is 33.0 Å². The van der Waals surface area contributed by atoms with E-state index >= 15 is 0 Å². The van der Waals surface area contributed by atoms with E-state index in [2.05, 4.69) is 0 Å². The molecule has 1 aromatic carbocycles. The molecular weight excluding hydrogens is 260 g/mol. The average molecular weight is 275 g/mol. The maximum atomic E-state index is 11.3. The molecule has 0 aliphatic carbocycles. The highest BCUT2D eigenvalue weighted by atomic mass is 35.5. The lowest BCUT2D eigenvalue weighted by Crippen LogP contribution is -2.40. The van der Waals surface area contributed by atoms with E-state index in [9.17, 15) is 8.42 Å². The van der Waals surface area contributed by atoms with E-state index < -0.39 is 9.84 Å². The molecule has 0 bridgehead atoms. The van der Waals surface area contributed by atoms with Crippen LogP contribution in [0, 0.1) is 0 Å². The molecule has 0 saturated carbocycles. The number of nitrogens with two attached hydrogens (primary N) is 1. The maximum Gasteiger partial charge on any atom is 0.153 e. The molecule has 1 heterocycles. The van der Waals surface area contributed by atoms with Crippen molar-refractivity contribution in [3.63, 3.8) is 0 Å². The van der Waals surface area contributed by atoms with E-state index in [0.29, 0.717) is 24.7 Å². The number of hydrogen-bond donors (Lipinski definition) is 1. The molecule has 6 heteroatoms. The van der Waals surface area contributed by atoms with Gasteiger partial charge in [0.25, 0.3) is 0 Å². The van der Waals surface area contributed by atoms with E-state index in [1.165, 1.54) is 0 Å². The van der Waals surface area contributed by atoms with Crippen LogP contribution in [0.3, 0.4) is 0 Å². The van der Waals surface area contributed by atoms with Gasteiger partial charge in [0, 0.05) is 19.6 Å². The second kappa shape index (κ2) is 4.84. The molecule has 0 aromatic heterocycles. The number of rotatable bonds is 2. The van der Waals surface area contributed by atoms with Crippen molar-refractivity contribution in [3.05, 3.63) is 28.8 Å². The average Bonchev–Trinajstić information content (AvgIpc) is 2.29. The Balaban J connectivity index is 2.19. The lowest BCUT2D eigenvalue weighted by molar-refractivity contribution is 0.587. The summed E-state index contributed by atoms with van der Waals surface area (Å²) in [6.45, 7) is 1.46. The first-order chi connectivity index (χ1) is 8.02. The summed E-state index contributed by atoms with van der Waals surface area (Å²) in [6.07, 6.45) is 0. The van der Waals surface area contributed by atoms with Gasteiger partial charge in [-0.2, -0.15) is 0 Å². The number of anilines is 1. The fourth-order valence-electron chi connectivity index (χ4n) is 1.89. The van der Waals surface area contributed by atoms with Crippen LogP contribution in [0.1, 0.15) is 5.56 Å². The van der Waals surface area contributed by atoms with Crippen LogP contribution >= 0.6 is 11.6 Å². The van der Waals surface area contributed by atoms with E-state index in [1.54, 1.807) is 0 Å². The van der Waals surface area contributed by atoms with Gasteiger partial charge < -0.3 is 10.6 Å². The van der Waals surface area contributed by atoms with Crippen molar-refractivity contribution < 1.29 is 8.42 Å². The molecule has 1 aromatic rings. The highest BCUT2D eigenvalue weighted by Gasteiger charge is 2.22. The van der Waals surface area contributed by atoms with Crippen molar-refractivity contribution in [2.75, 3.05) is 29.5 Å². The van der Waals surface area contributed by atoms with Crippen LogP contribution in [0.4, 0.5) is 5.69 Å². The summed E-state index contributed by atoms with van der Waals surface area (Å²) >= 11 is 6.17. The second-order valence-electron chi connectivity index (χ2n) is 4.13. The van der Waals surface area contributed by atoms with E-state index in [4.69, 9.17) is 17.3 Å². The van der Waals surface area contributed by atoms with Crippen LogP contribution in [0.15, 0.2) is 18.2 Å². The van der Waals surface area contributed by atoms with E-state index in [1.807, 2.05) is 23.1 Å². The molecule has 1 saturated heterocycles. The minimum absolute atomic E-state index is 0.196. The third-order valence-corrected chi connectivity index (χ3v) is 4.84. The van der Waals surface area contributed by atoms with Gasteiger partial charge in [0.15, 0.2) is 9.84 Å². The fourth-order valence-corrected chi connectivity index (χ4v) is 3.41. The van der Waals surface area contributed by atoms with Gasteiger partial charge >= 0.3 is 0 Å². The Kier molecular flexibility index (Phi) is 3.61. The zero-order chi connectivity index (χ0) is 12.5. The number of nitrogens with zero attached hydrogens (tertiary/aromatic N) is 1. The molecule has 4 nitrogen and oxygen atoms in total. The Morgan fingerprint density at radius 2 is 1.94 bits per heavy atom. The van der Waals surface area contributed by atoms with Gasteiger partial charge in [-0.1, -0.05) is 17.7 Å². The van der Waals surface area contributed by atoms with Crippen LogP contribution in [-0.2, 0) is 16.4 Å². The quantitative estimate of drug-likeness (QED) is 0.875. The van der Waals surface area contributed by atoms with Gasteiger partial charge in [0.2, 0.25) is 0 Å². The van der Waals surface area contributed by atoms with Gasteiger partial charge in [0.1, 0.15) is 0 Å². The van der Waals surface area contributed by atoms with Crippen molar-refractivity contribution in [1.82, 2.24) is 0 Å². The van der Waals surface area contributed by atoms with Gasteiger partial charge in [-0.15, -0.1) is 0 Å². The summed E-state index contributed by atoms with van der Waals surface area (Å²) in [7, 11) is -2.85. The summed E-state index contributed by atoms with van der Waals surface area (Å²) in [6, 6.07) is 5.66. The summed E-state index contributed by atoms with van der Waals surface area (Å²) in [5.74, 6) is 0.393. The highest BCUT2D eigenvalue weighted by Crippen LogP contribution is 2.27. The molecule has 2 N–H and O–H groups in total. The Morgan fingerprint density at radius 3 is 2.47 bits per heavy atom. The lowest BCUT2D eigenvalue weighted by Gasteiger charge is -2.29. The molecule has 1 aliphatic rings. The first kappa shape index (κ1) is 12.7. The Morgan fingerprint density at radius 1 is 1.29 bits per heavy atom. The smallest absolute Gasteiger partial charge is 0.153 e. The molecule has 0 amide bonds. The van der Waals surface area contributed by atoms with Crippen molar-refractivity contribution in [1.29, 1.82) is 0 Å². The Bertz CT molecular complexity index is 502. The largest absolute Gasteiger partial charge is 0.368 e. The molecule has 0 radical (unpaired) electrons. The number of hydrogen-bond acceptors (Lipinski definition) is 4. The van der Waals surface area contributed by atoms with Crippen molar-refractivity contribution in [3.8, 4) is 0 Å². The van der Waals surface area contributed by atoms with Crippen LogP contribution in [0.25, 0.3) is 0 Å². The molecule has 2 rings (SSSR count). The minimum atomic E-state index is -2.85. The predicted molar refractivity (Wildman–Crippen MR) is 70.2 cm³/mol. The van der Waals surface area contributed by atoms with Gasteiger partial charge in [0.05, 0.1) is 22.2 Å². The van der Waals surface area contributed by atoms with Crippen LogP contribution < -0.4 is 10.6 Å². The third kappa shape index (κ3) is 2.91. The van der Waals surface area contributed by atoms with Crippen molar-refractivity contribution in [2.24, 2.45) is 5.73 Å². The topological polar surface area (TPSA) is 63.4 Å². The zero-order valence-corrected chi connectivity index (χ0v) is 11.0. The molecular formula is C11H15ClN2O2S. The first-order valence-corrected chi connectivity index (χ1v) is 7.65. The zero-order valence-electron chi connectivity index (χ0n) is 9.39. The number of halogens is 1. The van der Waals surface area contributed by atoms with E-state index in [0.717, 1.165) is 11.3 Å². The molecule has 1 aliphatic heterocycles. The molecule has 17 heavy (non-hydrogen) atoms. The fraction of sp³-hybridized carbons (Fsp3) is 0.455. The van der Waals surface area contributed by atoms with Crippen LogP contribution in [0.5, 0.6) is 0 Å². The molecule has 0 atom stereocenters. The lowest BCUT2D eigenvalue weighted by atomic mass is 10.2. The Hall–Kier alpha value is -0.780. The van der Waals surface area contributed by atoms with Crippen molar-refractivity contribution in [2.45, 2.75) is 6.54 Å². The first-order valence-electron chi connectivity index (χ1n) is 5.46. The number of benzene rings is 1. The summed E-state index contributed by atoms with van der Waals surface area (Å²) in [5.41, 5.74) is 7.39. The maximum absolute atomic E-state index is 11.3. The minimum Gasteiger partial charge on any atom is -0.368 e. The Labute approximate surface area is 106 Å². The SMILES string of the molecule is NCc1ccc(N2CCS(=O)(=O)CC2)c(Cl)c1. The number of sulfone groups is 1. The van der Waals surface area contributed by atoms with Gasteiger partial charge in [-0.25, -0.2) is 8.42 Å². The highest BCUT2D eigenvalue weighted by molar-refractivity contribution is 7.91. The normalized spacial score (nSPS) is 19.3. The van der Waals surface area contributed by atoms with Crippen LogP contribution in [0.2, 0.25) is 5.02 Å². The molecule has 0 spiro atoms. The van der Waals surface area contributed by atoms with Gasteiger partial charge in [-0.05, 0) is 17.7 Å². The third-order valence-electron chi connectivity index (χ3n) is 2.93. The monoisotopic (exact) mass is 274 g/mol. The molecule has 94 valence electrons. The predicted octanol–water partition coefficient (Wildman–Crippen LogP) is 1.03. The second-order valence-corrected chi connectivity index (χ2v) is 6.84. The summed E-state index contributed by atoms with van der Waals surface area (Å²) in [5, 5.41) is 0.632. The summed E-state index contributed by atoms with van der Waals surface area (Å²) < 4.78 is 22.7. The standard InChI is InChI=1S/C11H15ClN2O2S/c12-10-7-9(8-13)1-2-11(10)14-3-5-17(15,16)6-4-14/h1-2,7H,3-6,8,13H2. The van der Waals surface area contributed by atoms with Gasteiger partial charge in [-0.3, -0.25) is 0 Å². The molecule has 1 fully saturated rings. The summed E-state index contributed by atoms with van der Waals surface area (Å²) in [4.78, 5) is 2.00.